The van der Waals surface area contributed by atoms with Crippen LogP contribution in [0.25, 0.3) is 0 Å². The van der Waals surface area contributed by atoms with E-state index < -0.39 is 6.36 Å². The van der Waals surface area contributed by atoms with Gasteiger partial charge in [-0.3, -0.25) is 0 Å². The minimum atomic E-state index is -4.65. The Hall–Kier alpha value is -1.23. The Morgan fingerprint density at radius 2 is 2.07 bits per heavy atom. The summed E-state index contributed by atoms with van der Waals surface area (Å²) in [7, 11) is 0. The lowest BCUT2D eigenvalue weighted by atomic mass is 10.1. The summed E-state index contributed by atoms with van der Waals surface area (Å²) in [6, 6.07) is 5.74. The second kappa shape index (κ2) is 4.53. The summed E-state index contributed by atoms with van der Waals surface area (Å²) in [6.07, 6.45) is -4.12. The van der Waals surface area contributed by atoms with E-state index in [1.807, 2.05) is 0 Å². The highest BCUT2D eigenvalue weighted by Crippen LogP contribution is 2.23. The first-order chi connectivity index (χ1) is 6.87. The Bertz CT molecular complexity index is 323. The van der Waals surface area contributed by atoms with Crippen molar-refractivity contribution < 1.29 is 17.9 Å². The van der Waals surface area contributed by atoms with Crippen molar-refractivity contribution in [2.75, 3.05) is 0 Å². The first-order valence-electron chi connectivity index (χ1n) is 4.47. The number of hydrogen-bond acceptors (Lipinski definition) is 2. The van der Waals surface area contributed by atoms with Crippen LogP contribution in [0.5, 0.6) is 5.75 Å². The average Bonchev–Trinajstić information content (AvgIpc) is 1.99. The topological polar surface area (TPSA) is 35.2 Å². The van der Waals surface area contributed by atoms with Crippen molar-refractivity contribution in [2.45, 2.75) is 25.7 Å². The Balaban J connectivity index is 2.74. The van der Waals surface area contributed by atoms with Gasteiger partial charge in [-0.05, 0) is 31.0 Å². The Morgan fingerprint density at radius 1 is 1.40 bits per heavy atom. The molecule has 84 valence electrons. The fourth-order valence-electron chi connectivity index (χ4n) is 1.24. The third-order valence-corrected chi connectivity index (χ3v) is 1.69. The third kappa shape index (κ3) is 4.69. The van der Waals surface area contributed by atoms with E-state index in [2.05, 4.69) is 4.74 Å². The van der Waals surface area contributed by atoms with Crippen LogP contribution < -0.4 is 10.5 Å². The highest BCUT2D eigenvalue weighted by Gasteiger charge is 2.31. The van der Waals surface area contributed by atoms with Crippen LogP contribution in [-0.4, -0.2) is 12.4 Å². The molecule has 1 atom stereocenters. The lowest BCUT2D eigenvalue weighted by Crippen LogP contribution is -2.19. The normalized spacial score (nSPS) is 13.7. The van der Waals surface area contributed by atoms with Crippen LogP contribution in [-0.2, 0) is 6.42 Å². The second-order valence-electron chi connectivity index (χ2n) is 3.38. The Morgan fingerprint density at radius 3 is 2.60 bits per heavy atom. The van der Waals surface area contributed by atoms with Gasteiger partial charge in [0.25, 0.3) is 0 Å². The molecule has 0 radical (unpaired) electrons. The zero-order valence-corrected chi connectivity index (χ0v) is 8.21. The minimum Gasteiger partial charge on any atom is -0.406 e. The molecule has 0 aromatic heterocycles. The molecule has 1 rings (SSSR count). The summed E-state index contributed by atoms with van der Waals surface area (Å²) in [4.78, 5) is 0. The van der Waals surface area contributed by atoms with Crippen LogP contribution in [0.3, 0.4) is 0 Å². The molecule has 2 N–H and O–H groups in total. The van der Waals surface area contributed by atoms with Crippen LogP contribution in [0.15, 0.2) is 24.3 Å². The quantitative estimate of drug-likeness (QED) is 0.847. The number of hydrogen-bond donors (Lipinski definition) is 1. The van der Waals surface area contributed by atoms with Gasteiger partial charge < -0.3 is 10.5 Å². The molecule has 0 aliphatic heterocycles. The van der Waals surface area contributed by atoms with E-state index in [1.165, 1.54) is 18.2 Å². The monoisotopic (exact) mass is 219 g/mol. The molecule has 1 aromatic carbocycles. The molecule has 0 spiro atoms. The number of alkyl halides is 3. The first-order valence-corrected chi connectivity index (χ1v) is 4.47. The van der Waals surface area contributed by atoms with Crippen molar-refractivity contribution in [3.05, 3.63) is 29.8 Å². The van der Waals surface area contributed by atoms with Crippen LogP contribution in [0.1, 0.15) is 12.5 Å². The number of halogens is 3. The molecule has 0 saturated carbocycles. The van der Waals surface area contributed by atoms with Gasteiger partial charge in [-0.25, -0.2) is 0 Å². The molecule has 0 bridgehead atoms. The molecular weight excluding hydrogens is 207 g/mol. The van der Waals surface area contributed by atoms with Gasteiger partial charge in [-0.2, -0.15) is 0 Å². The van der Waals surface area contributed by atoms with Crippen molar-refractivity contribution in [3.63, 3.8) is 0 Å². The molecule has 0 amide bonds. The molecule has 0 saturated heterocycles. The maximum atomic E-state index is 11.9. The highest BCUT2D eigenvalue weighted by molar-refractivity contribution is 5.29. The van der Waals surface area contributed by atoms with Gasteiger partial charge in [0.15, 0.2) is 0 Å². The van der Waals surface area contributed by atoms with Crippen molar-refractivity contribution >= 4 is 0 Å². The van der Waals surface area contributed by atoms with E-state index in [-0.39, 0.29) is 11.8 Å². The molecule has 0 heterocycles. The summed E-state index contributed by atoms with van der Waals surface area (Å²) < 4.78 is 39.4. The summed E-state index contributed by atoms with van der Waals surface area (Å²) in [5, 5.41) is 0. The lowest BCUT2D eigenvalue weighted by Gasteiger charge is -2.10. The molecule has 0 fully saturated rings. The zero-order chi connectivity index (χ0) is 11.5. The summed E-state index contributed by atoms with van der Waals surface area (Å²) >= 11 is 0. The molecule has 1 aromatic rings. The SMILES string of the molecule is C[C@H](N)Cc1cccc(OC(F)(F)F)c1. The van der Waals surface area contributed by atoms with Gasteiger partial charge in [0.05, 0.1) is 0 Å². The van der Waals surface area contributed by atoms with Crippen molar-refractivity contribution in [1.82, 2.24) is 0 Å². The molecule has 0 unspecified atom stereocenters. The fraction of sp³-hybridized carbons (Fsp3) is 0.400. The molecule has 2 nitrogen and oxygen atoms in total. The van der Waals surface area contributed by atoms with E-state index in [0.29, 0.717) is 6.42 Å². The minimum absolute atomic E-state index is 0.0915. The summed E-state index contributed by atoms with van der Waals surface area (Å²) in [6.45, 7) is 1.79. The van der Waals surface area contributed by atoms with Crippen molar-refractivity contribution in [1.29, 1.82) is 0 Å². The van der Waals surface area contributed by atoms with E-state index in [9.17, 15) is 13.2 Å². The van der Waals surface area contributed by atoms with Gasteiger partial charge >= 0.3 is 6.36 Å². The summed E-state index contributed by atoms with van der Waals surface area (Å²) in [5.41, 5.74) is 6.27. The second-order valence-corrected chi connectivity index (χ2v) is 3.38. The maximum Gasteiger partial charge on any atom is 0.573 e. The Kier molecular flexibility index (Phi) is 3.57. The molecule has 5 heteroatoms. The maximum absolute atomic E-state index is 11.9. The van der Waals surface area contributed by atoms with Gasteiger partial charge in [0.1, 0.15) is 5.75 Å². The molecular formula is C10H12F3NO. The predicted molar refractivity (Wildman–Crippen MR) is 50.5 cm³/mol. The van der Waals surface area contributed by atoms with E-state index >= 15 is 0 Å². The van der Waals surface area contributed by atoms with Crippen LogP contribution >= 0.6 is 0 Å². The van der Waals surface area contributed by atoms with Gasteiger partial charge in [-0.15, -0.1) is 13.2 Å². The van der Waals surface area contributed by atoms with E-state index in [1.54, 1.807) is 13.0 Å². The van der Waals surface area contributed by atoms with Crippen molar-refractivity contribution in [2.24, 2.45) is 5.73 Å². The Labute approximate surface area is 85.8 Å². The molecule has 15 heavy (non-hydrogen) atoms. The van der Waals surface area contributed by atoms with Gasteiger partial charge in [-0.1, -0.05) is 12.1 Å². The zero-order valence-electron chi connectivity index (χ0n) is 8.21. The standard InChI is InChI=1S/C10H12F3NO/c1-7(14)5-8-3-2-4-9(6-8)15-10(11,12)13/h2-4,6-7H,5,14H2,1H3/t7-/m0/s1. The van der Waals surface area contributed by atoms with Crippen molar-refractivity contribution in [3.8, 4) is 5.75 Å². The van der Waals surface area contributed by atoms with Crippen LogP contribution in [0.4, 0.5) is 13.2 Å². The number of rotatable bonds is 3. The number of nitrogens with two attached hydrogens (primary N) is 1. The van der Waals surface area contributed by atoms with Crippen LogP contribution in [0.2, 0.25) is 0 Å². The molecule has 0 aliphatic rings. The predicted octanol–water partition coefficient (Wildman–Crippen LogP) is 2.47. The van der Waals surface area contributed by atoms with Gasteiger partial charge in [0.2, 0.25) is 0 Å². The highest BCUT2D eigenvalue weighted by atomic mass is 19.4. The van der Waals surface area contributed by atoms with Gasteiger partial charge in [0, 0.05) is 6.04 Å². The average molecular weight is 219 g/mol. The largest absolute Gasteiger partial charge is 0.573 e. The smallest absolute Gasteiger partial charge is 0.406 e. The van der Waals surface area contributed by atoms with E-state index in [0.717, 1.165) is 5.56 Å². The first kappa shape index (κ1) is 11.8. The summed E-state index contributed by atoms with van der Waals surface area (Å²) in [5.74, 6) is -0.208. The fourth-order valence-corrected chi connectivity index (χ4v) is 1.24. The molecule has 0 aliphatic carbocycles. The van der Waals surface area contributed by atoms with Crippen LogP contribution in [0, 0.1) is 0 Å². The van der Waals surface area contributed by atoms with E-state index in [4.69, 9.17) is 5.73 Å². The number of benzene rings is 1. The number of ether oxygens (including phenoxy) is 1. The lowest BCUT2D eigenvalue weighted by molar-refractivity contribution is -0.274. The third-order valence-electron chi connectivity index (χ3n) is 1.69.